The third-order valence-electron chi connectivity index (χ3n) is 4.15. The maximum Gasteiger partial charge on any atom is 0.161 e. The van der Waals surface area contributed by atoms with Crippen LogP contribution < -0.4 is 5.32 Å². The topological polar surface area (TPSA) is 37.8 Å². The van der Waals surface area contributed by atoms with Crippen molar-refractivity contribution >= 4 is 5.82 Å². The molecule has 110 valence electrons. The molecule has 0 spiro atoms. The molecule has 0 unspecified atom stereocenters. The standard InChI is InChI=1S/C18H23N3/c1-4-11-19-17-12(2)13(3)20-18(21-17)16-9-7-15(8-10-16)14-5-6-14/h7-10,14H,4-6,11H2,1-3H3,(H,19,20,21). The summed E-state index contributed by atoms with van der Waals surface area (Å²) in [6.45, 7) is 7.23. The number of nitrogens with zero attached hydrogens (tertiary/aromatic N) is 2. The van der Waals surface area contributed by atoms with Crippen molar-refractivity contribution < 1.29 is 0 Å². The Bertz CT molecular complexity index is 628. The van der Waals surface area contributed by atoms with E-state index in [0.717, 1.165) is 47.3 Å². The SMILES string of the molecule is CCCNc1nc(-c2ccc(C3CC3)cc2)nc(C)c1C. The highest BCUT2D eigenvalue weighted by atomic mass is 15.0. The molecule has 3 rings (SSSR count). The lowest BCUT2D eigenvalue weighted by atomic mass is 10.1. The molecule has 0 amide bonds. The van der Waals surface area contributed by atoms with E-state index in [1.807, 2.05) is 0 Å². The van der Waals surface area contributed by atoms with Crippen molar-refractivity contribution in [1.29, 1.82) is 0 Å². The largest absolute Gasteiger partial charge is 0.370 e. The van der Waals surface area contributed by atoms with Crippen molar-refractivity contribution in [2.24, 2.45) is 0 Å². The van der Waals surface area contributed by atoms with Crippen molar-refractivity contribution in [3.63, 3.8) is 0 Å². The Hall–Kier alpha value is -1.90. The molecule has 1 N–H and O–H groups in total. The molecule has 3 nitrogen and oxygen atoms in total. The number of nitrogens with one attached hydrogen (secondary N) is 1. The summed E-state index contributed by atoms with van der Waals surface area (Å²) in [6, 6.07) is 8.76. The molecule has 21 heavy (non-hydrogen) atoms. The second-order valence-corrected chi connectivity index (χ2v) is 5.93. The van der Waals surface area contributed by atoms with E-state index in [-0.39, 0.29) is 0 Å². The van der Waals surface area contributed by atoms with Crippen LogP contribution in [0.25, 0.3) is 11.4 Å². The summed E-state index contributed by atoms with van der Waals surface area (Å²) in [7, 11) is 0. The van der Waals surface area contributed by atoms with E-state index in [9.17, 15) is 0 Å². The highest BCUT2D eigenvalue weighted by Gasteiger charge is 2.23. The molecule has 0 bridgehead atoms. The second kappa shape index (κ2) is 5.84. The van der Waals surface area contributed by atoms with E-state index in [1.54, 1.807) is 0 Å². The summed E-state index contributed by atoms with van der Waals surface area (Å²) in [5.41, 5.74) is 4.74. The Kier molecular flexibility index (Phi) is 3.91. The number of hydrogen-bond donors (Lipinski definition) is 1. The highest BCUT2D eigenvalue weighted by molar-refractivity contribution is 5.60. The zero-order valence-electron chi connectivity index (χ0n) is 13.1. The molecule has 0 saturated heterocycles. The minimum atomic E-state index is 0.793. The molecule has 0 atom stereocenters. The van der Waals surface area contributed by atoms with Crippen LogP contribution in [0.3, 0.4) is 0 Å². The van der Waals surface area contributed by atoms with E-state index in [2.05, 4.69) is 55.3 Å². The minimum Gasteiger partial charge on any atom is -0.370 e. The lowest BCUT2D eigenvalue weighted by molar-refractivity contribution is 0.954. The summed E-state index contributed by atoms with van der Waals surface area (Å²) < 4.78 is 0. The van der Waals surface area contributed by atoms with Crippen LogP contribution in [0.4, 0.5) is 5.82 Å². The summed E-state index contributed by atoms with van der Waals surface area (Å²) in [5, 5.41) is 3.40. The summed E-state index contributed by atoms with van der Waals surface area (Å²) in [5.74, 6) is 2.58. The average molecular weight is 281 g/mol. The zero-order chi connectivity index (χ0) is 14.8. The summed E-state index contributed by atoms with van der Waals surface area (Å²) in [6.07, 6.45) is 3.77. The van der Waals surface area contributed by atoms with E-state index in [4.69, 9.17) is 4.98 Å². The molecule has 1 aliphatic carbocycles. The van der Waals surface area contributed by atoms with Crippen LogP contribution >= 0.6 is 0 Å². The number of aryl methyl sites for hydroxylation is 1. The molecule has 1 fully saturated rings. The third kappa shape index (κ3) is 3.07. The number of hydrogen-bond acceptors (Lipinski definition) is 3. The van der Waals surface area contributed by atoms with Gasteiger partial charge in [-0.25, -0.2) is 9.97 Å². The molecule has 1 aromatic carbocycles. The van der Waals surface area contributed by atoms with Crippen LogP contribution in [0.1, 0.15) is 48.9 Å². The summed E-state index contributed by atoms with van der Waals surface area (Å²) >= 11 is 0. The fourth-order valence-electron chi connectivity index (χ4n) is 2.49. The van der Waals surface area contributed by atoms with Gasteiger partial charge in [-0.2, -0.15) is 0 Å². The molecule has 0 aliphatic heterocycles. The second-order valence-electron chi connectivity index (χ2n) is 5.93. The first-order valence-electron chi connectivity index (χ1n) is 7.88. The van der Waals surface area contributed by atoms with Gasteiger partial charge in [0, 0.05) is 23.4 Å². The van der Waals surface area contributed by atoms with Crippen molar-refractivity contribution in [2.75, 3.05) is 11.9 Å². The van der Waals surface area contributed by atoms with Gasteiger partial charge in [-0.05, 0) is 44.6 Å². The maximum absolute atomic E-state index is 4.71. The van der Waals surface area contributed by atoms with Gasteiger partial charge in [0.25, 0.3) is 0 Å². The molecule has 1 saturated carbocycles. The van der Waals surface area contributed by atoms with Crippen molar-refractivity contribution in [1.82, 2.24) is 9.97 Å². The third-order valence-corrected chi connectivity index (χ3v) is 4.15. The van der Waals surface area contributed by atoms with Crippen molar-refractivity contribution in [2.45, 2.75) is 46.0 Å². The number of anilines is 1. The fourth-order valence-corrected chi connectivity index (χ4v) is 2.49. The van der Waals surface area contributed by atoms with Gasteiger partial charge in [0.1, 0.15) is 5.82 Å². The van der Waals surface area contributed by atoms with Crippen LogP contribution in [-0.4, -0.2) is 16.5 Å². The summed E-state index contributed by atoms with van der Waals surface area (Å²) in [4.78, 5) is 9.36. The normalized spacial score (nSPS) is 14.2. The lowest BCUT2D eigenvalue weighted by Crippen LogP contribution is -2.07. The molecular formula is C18H23N3. The highest BCUT2D eigenvalue weighted by Crippen LogP contribution is 2.40. The minimum absolute atomic E-state index is 0.793. The van der Waals surface area contributed by atoms with Gasteiger partial charge < -0.3 is 5.32 Å². The fraction of sp³-hybridized carbons (Fsp3) is 0.444. The first-order chi connectivity index (χ1) is 10.2. The Morgan fingerprint density at radius 3 is 2.43 bits per heavy atom. The predicted molar refractivity (Wildman–Crippen MR) is 87.7 cm³/mol. The number of aromatic nitrogens is 2. The average Bonchev–Trinajstić information content (AvgIpc) is 3.33. The molecule has 1 aliphatic rings. The van der Waals surface area contributed by atoms with E-state index in [1.165, 1.54) is 18.4 Å². The van der Waals surface area contributed by atoms with Gasteiger partial charge in [-0.3, -0.25) is 0 Å². The van der Waals surface area contributed by atoms with Gasteiger partial charge in [0.2, 0.25) is 0 Å². The molecule has 1 heterocycles. The molecule has 1 aromatic heterocycles. The monoisotopic (exact) mass is 281 g/mol. The molecular weight excluding hydrogens is 258 g/mol. The van der Waals surface area contributed by atoms with E-state index < -0.39 is 0 Å². The Morgan fingerprint density at radius 1 is 1.10 bits per heavy atom. The van der Waals surface area contributed by atoms with Crippen LogP contribution in [0.15, 0.2) is 24.3 Å². The number of benzene rings is 1. The first kappa shape index (κ1) is 14.1. The van der Waals surface area contributed by atoms with Gasteiger partial charge >= 0.3 is 0 Å². The lowest BCUT2D eigenvalue weighted by Gasteiger charge is -2.12. The first-order valence-corrected chi connectivity index (χ1v) is 7.88. The van der Waals surface area contributed by atoms with Gasteiger partial charge in [-0.15, -0.1) is 0 Å². The van der Waals surface area contributed by atoms with E-state index >= 15 is 0 Å². The van der Waals surface area contributed by atoms with Crippen LogP contribution in [0.5, 0.6) is 0 Å². The van der Waals surface area contributed by atoms with E-state index in [0.29, 0.717) is 0 Å². The van der Waals surface area contributed by atoms with Crippen LogP contribution in [0, 0.1) is 13.8 Å². The van der Waals surface area contributed by atoms with Gasteiger partial charge in [-0.1, -0.05) is 31.2 Å². The molecule has 2 aromatic rings. The Labute approximate surface area is 126 Å². The predicted octanol–water partition coefficient (Wildman–Crippen LogP) is 4.46. The number of rotatable bonds is 5. The van der Waals surface area contributed by atoms with Crippen molar-refractivity contribution in [3.8, 4) is 11.4 Å². The Morgan fingerprint density at radius 2 is 1.81 bits per heavy atom. The van der Waals surface area contributed by atoms with Gasteiger partial charge in [0.15, 0.2) is 5.82 Å². The molecule has 0 radical (unpaired) electrons. The quantitative estimate of drug-likeness (QED) is 0.879. The van der Waals surface area contributed by atoms with Gasteiger partial charge in [0.05, 0.1) is 0 Å². The van der Waals surface area contributed by atoms with Crippen LogP contribution in [0.2, 0.25) is 0 Å². The zero-order valence-corrected chi connectivity index (χ0v) is 13.1. The van der Waals surface area contributed by atoms with Crippen LogP contribution in [-0.2, 0) is 0 Å². The van der Waals surface area contributed by atoms with Crippen molar-refractivity contribution in [3.05, 3.63) is 41.1 Å². The Balaban J connectivity index is 1.91. The maximum atomic E-state index is 4.71. The smallest absolute Gasteiger partial charge is 0.161 e. The molecule has 3 heteroatoms.